The fourth-order valence-electron chi connectivity index (χ4n) is 2.23. The molecule has 1 amide bonds. The summed E-state index contributed by atoms with van der Waals surface area (Å²) in [7, 11) is 2.05. The van der Waals surface area contributed by atoms with Crippen molar-refractivity contribution in [3.05, 3.63) is 0 Å². The molecule has 0 bridgehead atoms. The summed E-state index contributed by atoms with van der Waals surface area (Å²) in [6, 6.07) is 0.168. The minimum Gasteiger partial charge on any atom is -0.481 e. The van der Waals surface area contributed by atoms with Crippen LogP contribution in [-0.2, 0) is 9.59 Å². The summed E-state index contributed by atoms with van der Waals surface area (Å²) in [5.74, 6) is -0.884. The molecule has 1 aliphatic rings. The average Bonchev–Trinajstić information content (AvgIpc) is 2.36. The van der Waals surface area contributed by atoms with E-state index in [0.29, 0.717) is 6.54 Å². The van der Waals surface area contributed by atoms with E-state index in [2.05, 4.69) is 11.9 Å². The van der Waals surface area contributed by atoms with Gasteiger partial charge in [0.1, 0.15) is 0 Å². The Morgan fingerprint density at radius 3 is 2.47 bits per heavy atom. The number of amides is 1. The molecule has 19 heavy (non-hydrogen) atoms. The maximum absolute atomic E-state index is 12.1. The van der Waals surface area contributed by atoms with E-state index in [1.54, 1.807) is 4.90 Å². The topological polar surface area (TPSA) is 81.1 Å². The number of carboxylic acids is 1. The number of carboxylic acid groups (broad SMARTS) is 1. The Balaban J connectivity index is 2.46. The van der Waals surface area contributed by atoms with Crippen molar-refractivity contribution >= 4 is 23.6 Å². The molecule has 0 saturated carbocycles. The van der Waals surface area contributed by atoms with Gasteiger partial charge in [0.15, 0.2) is 0 Å². The molecule has 0 unspecified atom stereocenters. The summed E-state index contributed by atoms with van der Waals surface area (Å²) < 4.78 is 0. The highest BCUT2D eigenvalue weighted by atomic mass is 32.2. The molecular weight excluding hydrogens is 268 g/mol. The highest BCUT2D eigenvalue weighted by Gasteiger charge is 2.26. The van der Waals surface area contributed by atoms with E-state index >= 15 is 0 Å². The number of carbonyl (C=O) groups excluding carboxylic acids is 1. The lowest BCUT2D eigenvalue weighted by Gasteiger charge is -2.37. The van der Waals surface area contributed by atoms with Crippen molar-refractivity contribution in [2.45, 2.75) is 18.9 Å². The van der Waals surface area contributed by atoms with Crippen molar-refractivity contribution in [3.63, 3.8) is 0 Å². The largest absolute Gasteiger partial charge is 0.481 e. The van der Waals surface area contributed by atoms with Gasteiger partial charge in [-0.2, -0.15) is 0 Å². The third-order valence-electron chi connectivity index (χ3n) is 3.24. The molecule has 1 aliphatic heterocycles. The van der Waals surface area contributed by atoms with Crippen LogP contribution in [0.15, 0.2) is 0 Å². The van der Waals surface area contributed by atoms with Gasteiger partial charge in [0, 0.05) is 12.6 Å². The number of aliphatic hydroxyl groups excluding tert-OH is 1. The highest BCUT2D eigenvalue weighted by Crippen LogP contribution is 2.16. The first-order valence-electron chi connectivity index (χ1n) is 6.43. The molecule has 0 spiro atoms. The number of rotatable bonds is 7. The summed E-state index contributed by atoms with van der Waals surface area (Å²) >= 11 is 1.11. The predicted octanol–water partition coefficient (Wildman–Crippen LogP) is -0.281. The van der Waals surface area contributed by atoms with E-state index in [1.807, 2.05) is 0 Å². The molecule has 1 saturated heterocycles. The van der Waals surface area contributed by atoms with Crippen LogP contribution in [0.25, 0.3) is 0 Å². The van der Waals surface area contributed by atoms with Crippen LogP contribution in [0.2, 0.25) is 0 Å². The molecule has 0 aliphatic carbocycles. The van der Waals surface area contributed by atoms with Crippen LogP contribution < -0.4 is 0 Å². The number of hydrogen-bond acceptors (Lipinski definition) is 5. The minimum absolute atomic E-state index is 0.0539. The fraction of sp³-hybridized carbons (Fsp3) is 0.833. The maximum atomic E-state index is 12.1. The zero-order chi connectivity index (χ0) is 14.3. The zero-order valence-electron chi connectivity index (χ0n) is 11.2. The fourth-order valence-corrected chi connectivity index (χ4v) is 2.85. The van der Waals surface area contributed by atoms with Crippen molar-refractivity contribution in [1.29, 1.82) is 0 Å². The maximum Gasteiger partial charge on any atom is 0.313 e. The normalized spacial score (nSPS) is 17.4. The van der Waals surface area contributed by atoms with Crippen LogP contribution in [-0.4, -0.2) is 82.7 Å². The van der Waals surface area contributed by atoms with Crippen LogP contribution in [0, 0.1) is 0 Å². The van der Waals surface area contributed by atoms with Gasteiger partial charge in [-0.25, -0.2) is 0 Å². The predicted molar refractivity (Wildman–Crippen MR) is 74.3 cm³/mol. The average molecular weight is 290 g/mol. The number of thioether (sulfide) groups is 1. The highest BCUT2D eigenvalue weighted by molar-refractivity contribution is 8.00. The van der Waals surface area contributed by atoms with Crippen molar-refractivity contribution in [2.24, 2.45) is 0 Å². The van der Waals surface area contributed by atoms with Crippen molar-refractivity contribution in [3.8, 4) is 0 Å². The third-order valence-corrected chi connectivity index (χ3v) is 4.14. The Morgan fingerprint density at radius 1 is 1.32 bits per heavy atom. The molecule has 1 heterocycles. The van der Waals surface area contributed by atoms with Gasteiger partial charge in [0.05, 0.1) is 18.1 Å². The lowest BCUT2D eigenvalue weighted by atomic mass is 10.0. The van der Waals surface area contributed by atoms with E-state index < -0.39 is 5.97 Å². The first-order valence-corrected chi connectivity index (χ1v) is 7.58. The second kappa shape index (κ2) is 8.39. The quantitative estimate of drug-likeness (QED) is 0.671. The molecule has 0 aromatic carbocycles. The van der Waals surface area contributed by atoms with E-state index in [1.165, 1.54) is 0 Å². The number of aliphatic carboxylic acids is 1. The molecule has 7 heteroatoms. The molecule has 1 fully saturated rings. The molecule has 110 valence electrons. The molecule has 0 aromatic rings. The van der Waals surface area contributed by atoms with Gasteiger partial charge < -0.3 is 20.0 Å². The summed E-state index contributed by atoms with van der Waals surface area (Å²) in [5, 5.41) is 17.6. The molecule has 2 N–H and O–H groups in total. The van der Waals surface area contributed by atoms with Crippen LogP contribution >= 0.6 is 11.8 Å². The molecule has 0 aromatic heterocycles. The molecule has 0 atom stereocenters. The molecular formula is C12H22N2O4S. The number of hydrogen-bond donors (Lipinski definition) is 2. The van der Waals surface area contributed by atoms with Gasteiger partial charge in [-0.1, -0.05) is 0 Å². The minimum atomic E-state index is -0.911. The lowest BCUT2D eigenvalue weighted by molar-refractivity contribution is -0.134. The molecule has 6 nitrogen and oxygen atoms in total. The first kappa shape index (κ1) is 16.3. The standard InChI is InChI=1S/C12H22N2O4S/c1-13-4-2-10(3-5-13)14(6-7-15)11(16)8-19-9-12(17)18/h10,15H,2-9H2,1H3,(H,17,18). The van der Waals surface area contributed by atoms with Crippen LogP contribution in [0.4, 0.5) is 0 Å². The molecule has 0 radical (unpaired) electrons. The summed E-state index contributed by atoms with van der Waals surface area (Å²) in [6.45, 7) is 2.17. The second-order valence-corrected chi connectivity index (χ2v) is 5.72. The van der Waals surface area contributed by atoms with E-state index in [0.717, 1.165) is 37.7 Å². The van der Waals surface area contributed by atoms with Crippen molar-refractivity contribution < 1.29 is 19.8 Å². The van der Waals surface area contributed by atoms with Gasteiger partial charge in [0.25, 0.3) is 0 Å². The smallest absolute Gasteiger partial charge is 0.313 e. The van der Waals surface area contributed by atoms with E-state index in [9.17, 15) is 9.59 Å². The summed E-state index contributed by atoms with van der Waals surface area (Å²) in [6.07, 6.45) is 1.82. The Labute approximate surface area is 117 Å². The summed E-state index contributed by atoms with van der Waals surface area (Å²) in [4.78, 5) is 26.4. The van der Waals surface area contributed by atoms with Crippen LogP contribution in [0.3, 0.4) is 0 Å². The lowest BCUT2D eigenvalue weighted by Crippen LogP contribution is -2.48. The first-order chi connectivity index (χ1) is 9.04. The van der Waals surface area contributed by atoms with E-state index in [-0.39, 0.29) is 30.1 Å². The van der Waals surface area contributed by atoms with E-state index in [4.69, 9.17) is 10.2 Å². The number of nitrogens with zero attached hydrogens (tertiary/aromatic N) is 2. The van der Waals surface area contributed by atoms with Gasteiger partial charge >= 0.3 is 5.97 Å². The third kappa shape index (κ3) is 5.80. The van der Waals surface area contributed by atoms with Gasteiger partial charge in [0.2, 0.25) is 5.91 Å². The zero-order valence-corrected chi connectivity index (χ0v) is 12.1. The Morgan fingerprint density at radius 2 is 1.95 bits per heavy atom. The monoisotopic (exact) mass is 290 g/mol. The SMILES string of the molecule is CN1CCC(N(CCO)C(=O)CSCC(=O)O)CC1. The number of carbonyl (C=O) groups is 2. The van der Waals surface area contributed by atoms with Gasteiger partial charge in [-0.15, -0.1) is 11.8 Å². The summed E-state index contributed by atoms with van der Waals surface area (Å²) in [5.41, 5.74) is 0. The Kier molecular flexibility index (Phi) is 7.19. The number of piperidine rings is 1. The number of aliphatic hydroxyl groups is 1. The van der Waals surface area contributed by atoms with Crippen LogP contribution in [0.5, 0.6) is 0 Å². The second-order valence-electron chi connectivity index (χ2n) is 4.73. The Hall–Kier alpha value is -0.790. The van der Waals surface area contributed by atoms with Crippen LogP contribution in [0.1, 0.15) is 12.8 Å². The van der Waals surface area contributed by atoms with Gasteiger partial charge in [-0.05, 0) is 33.0 Å². The van der Waals surface area contributed by atoms with Crippen molar-refractivity contribution in [2.75, 3.05) is 44.8 Å². The Bertz CT molecular complexity index is 306. The van der Waals surface area contributed by atoms with Gasteiger partial charge in [-0.3, -0.25) is 9.59 Å². The van der Waals surface area contributed by atoms with Crippen molar-refractivity contribution in [1.82, 2.24) is 9.80 Å². The molecule has 1 rings (SSSR count). The number of likely N-dealkylation sites (tertiary alicyclic amines) is 1.